The lowest BCUT2D eigenvalue weighted by Crippen LogP contribution is -1.96. The Balaban J connectivity index is 1.76. The van der Waals surface area contributed by atoms with Gasteiger partial charge >= 0.3 is 0 Å². The molecule has 162 valence electrons. The van der Waals surface area contributed by atoms with Crippen LogP contribution in [0.25, 0.3) is 44.4 Å². The van der Waals surface area contributed by atoms with E-state index < -0.39 is 11.6 Å². The number of halogens is 1. The maximum atomic E-state index is 14.1. The lowest BCUT2D eigenvalue weighted by atomic mass is 9.94. The number of phenols is 2. The zero-order valence-corrected chi connectivity index (χ0v) is 17.7. The number of benzene rings is 4. The van der Waals surface area contributed by atoms with Gasteiger partial charge in [-0.1, -0.05) is 48.5 Å². The first kappa shape index (κ1) is 20.7. The summed E-state index contributed by atoms with van der Waals surface area (Å²) in [6.45, 7) is 0.451. The number of rotatable bonds is 4. The highest BCUT2D eigenvalue weighted by molar-refractivity contribution is 5.99. The summed E-state index contributed by atoms with van der Waals surface area (Å²) < 4.78 is 14.1. The summed E-state index contributed by atoms with van der Waals surface area (Å²) in [7, 11) is 0. The van der Waals surface area contributed by atoms with Gasteiger partial charge in [0.05, 0.1) is 11.2 Å². The van der Waals surface area contributed by atoms with Crippen molar-refractivity contribution in [2.75, 3.05) is 0 Å². The standard InChI is InChI=1S/C28H21FN2O2/c29-24-14-20(10-12-28(24)33)26-15-22(18-7-5-17(16-30)6-8-18)23-13-19(9-11-25(23)31-26)21-3-1-2-4-27(21)32/h1-15,32-33H,16,30H2. The highest BCUT2D eigenvalue weighted by Crippen LogP contribution is 2.37. The molecule has 0 bridgehead atoms. The van der Waals surface area contributed by atoms with Crippen molar-refractivity contribution in [2.45, 2.75) is 6.54 Å². The molecule has 0 unspecified atom stereocenters. The Hall–Kier alpha value is -4.22. The first-order chi connectivity index (χ1) is 16.0. The maximum Gasteiger partial charge on any atom is 0.165 e. The second-order valence-electron chi connectivity index (χ2n) is 7.87. The molecule has 1 aromatic heterocycles. The number of fused-ring (bicyclic) bond motifs is 1. The highest BCUT2D eigenvalue weighted by atomic mass is 19.1. The van der Waals surface area contributed by atoms with Crippen LogP contribution in [0.5, 0.6) is 11.5 Å². The molecule has 4 N–H and O–H groups in total. The fraction of sp³-hybridized carbons (Fsp3) is 0.0357. The molecule has 4 nitrogen and oxygen atoms in total. The monoisotopic (exact) mass is 436 g/mol. The van der Waals surface area contributed by atoms with Gasteiger partial charge in [0, 0.05) is 23.1 Å². The van der Waals surface area contributed by atoms with Crippen molar-refractivity contribution in [3.63, 3.8) is 0 Å². The Bertz CT molecular complexity index is 1480. The van der Waals surface area contributed by atoms with Crippen molar-refractivity contribution in [3.8, 4) is 45.0 Å². The van der Waals surface area contributed by atoms with Crippen LogP contribution in [0, 0.1) is 5.82 Å². The van der Waals surface area contributed by atoms with Crippen molar-refractivity contribution >= 4 is 10.9 Å². The third-order valence-electron chi connectivity index (χ3n) is 5.77. The molecule has 5 aromatic rings. The smallest absolute Gasteiger partial charge is 0.165 e. The molecular weight excluding hydrogens is 415 g/mol. The number of pyridine rings is 1. The highest BCUT2D eigenvalue weighted by Gasteiger charge is 2.13. The molecule has 0 saturated carbocycles. The lowest BCUT2D eigenvalue weighted by molar-refractivity contribution is 0.432. The normalized spacial score (nSPS) is 11.1. The summed E-state index contributed by atoms with van der Waals surface area (Å²) in [5, 5.41) is 20.8. The molecule has 0 amide bonds. The van der Waals surface area contributed by atoms with E-state index in [4.69, 9.17) is 10.7 Å². The Morgan fingerprint density at radius 2 is 1.42 bits per heavy atom. The van der Waals surface area contributed by atoms with Gasteiger partial charge in [-0.15, -0.1) is 0 Å². The first-order valence-electron chi connectivity index (χ1n) is 10.5. The topological polar surface area (TPSA) is 79.4 Å². The van der Waals surface area contributed by atoms with Gasteiger partial charge in [-0.2, -0.15) is 0 Å². The molecule has 0 fully saturated rings. The molecule has 5 heteroatoms. The van der Waals surface area contributed by atoms with Crippen LogP contribution in [-0.2, 0) is 6.54 Å². The van der Waals surface area contributed by atoms with Crippen LogP contribution < -0.4 is 5.73 Å². The zero-order valence-electron chi connectivity index (χ0n) is 17.7. The predicted molar refractivity (Wildman–Crippen MR) is 129 cm³/mol. The van der Waals surface area contributed by atoms with Crippen molar-refractivity contribution < 1.29 is 14.6 Å². The minimum Gasteiger partial charge on any atom is -0.507 e. The summed E-state index contributed by atoms with van der Waals surface area (Å²) in [5.41, 5.74) is 12.2. The van der Waals surface area contributed by atoms with Crippen LogP contribution >= 0.6 is 0 Å². The molecule has 4 aromatic carbocycles. The van der Waals surface area contributed by atoms with Gasteiger partial charge in [0.1, 0.15) is 5.75 Å². The fourth-order valence-corrected chi connectivity index (χ4v) is 3.98. The summed E-state index contributed by atoms with van der Waals surface area (Å²) in [6.07, 6.45) is 0. The number of hydrogen-bond donors (Lipinski definition) is 3. The average Bonchev–Trinajstić information content (AvgIpc) is 2.85. The van der Waals surface area contributed by atoms with Crippen LogP contribution in [-0.4, -0.2) is 15.2 Å². The number of nitrogens with two attached hydrogens (primary N) is 1. The van der Waals surface area contributed by atoms with Crippen molar-refractivity contribution in [1.82, 2.24) is 4.98 Å². The molecule has 0 aliphatic rings. The van der Waals surface area contributed by atoms with E-state index in [1.807, 2.05) is 60.7 Å². The van der Waals surface area contributed by atoms with E-state index in [0.29, 0.717) is 17.8 Å². The number of aromatic hydroxyl groups is 2. The zero-order chi connectivity index (χ0) is 22.9. The van der Waals surface area contributed by atoms with E-state index in [9.17, 15) is 14.6 Å². The van der Waals surface area contributed by atoms with E-state index in [1.165, 1.54) is 12.1 Å². The van der Waals surface area contributed by atoms with Crippen molar-refractivity contribution in [2.24, 2.45) is 5.73 Å². The SMILES string of the molecule is NCc1ccc(-c2cc(-c3ccc(O)c(F)c3)nc3ccc(-c4ccccc4O)cc23)cc1. The summed E-state index contributed by atoms with van der Waals surface area (Å²) in [6, 6.07) is 27.1. The second-order valence-corrected chi connectivity index (χ2v) is 7.87. The lowest BCUT2D eigenvalue weighted by Gasteiger charge is -2.13. The summed E-state index contributed by atoms with van der Waals surface area (Å²) in [4.78, 5) is 4.76. The van der Waals surface area contributed by atoms with Crippen molar-refractivity contribution in [1.29, 1.82) is 0 Å². The molecule has 1 heterocycles. The van der Waals surface area contributed by atoms with Crippen LogP contribution in [0.3, 0.4) is 0 Å². The molecule has 0 aliphatic carbocycles. The summed E-state index contributed by atoms with van der Waals surface area (Å²) >= 11 is 0. The minimum atomic E-state index is -0.696. The largest absolute Gasteiger partial charge is 0.507 e. The molecule has 0 radical (unpaired) electrons. The second kappa shape index (κ2) is 8.37. The van der Waals surface area contributed by atoms with Gasteiger partial charge in [0.25, 0.3) is 0 Å². The number of aromatic nitrogens is 1. The van der Waals surface area contributed by atoms with E-state index in [2.05, 4.69) is 0 Å². The van der Waals surface area contributed by atoms with Crippen LogP contribution in [0.2, 0.25) is 0 Å². The number of para-hydroxylation sites is 1. The number of hydrogen-bond acceptors (Lipinski definition) is 4. The van der Waals surface area contributed by atoms with Gasteiger partial charge in [0.15, 0.2) is 11.6 Å². The van der Waals surface area contributed by atoms with E-state index in [1.54, 1.807) is 18.2 Å². The van der Waals surface area contributed by atoms with Gasteiger partial charge in [-0.05, 0) is 64.7 Å². The fourth-order valence-electron chi connectivity index (χ4n) is 3.98. The molecule has 0 aliphatic heterocycles. The van der Waals surface area contributed by atoms with Crippen LogP contribution in [0.1, 0.15) is 5.56 Å². The van der Waals surface area contributed by atoms with Gasteiger partial charge in [-0.25, -0.2) is 9.37 Å². The molecule has 0 spiro atoms. The molecule has 33 heavy (non-hydrogen) atoms. The van der Waals surface area contributed by atoms with Crippen LogP contribution in [0.15, 0.2) is 91.0 Å². The van der Waals surface area contributed by atoms with Crippen LogP contribution in [0.4, 0.5) is 4.39 Å². The minimum absolute atomic E-state index is 0.204. The Morgan fingerprint density at radius 1 is 0.697 bits per heavy atom. The number of phenolic OH excluding ortho intramolecular Hbond substituents is 2. The third kappa shape index (κ3) is 3.90. The number of nitrogens with zero attached hydrogens (tertiary/aromatic N) is 1. The van der Waals surface area contributed by atoms with E-state index in [-0.39, 0.29) is 5.75 Å². The summed E-state index contributed by atoms with van der Waals surface area (Å²) in [5.74, 6) is -0.891. The van der Waals surface area contributed by atoms with Gasteiger partial charge in [-0.3, -0.25) is 0 Å². The molecule has 0 atom stereocenters. The Morgan fingerprint density at radius 3 is 2.15 bits per heavy atom. The van der Waals surface area contributed by atoms with Gasteiger partial charge < -0.3 is 15.9 Å². The van der Waals surface area contributed by atoms with E-state index >= 15 is 0 Å². The maximum absolute atomic E-state index is 14.1. The van der Waals surface area contributed by atoms with E-state index in [0.717, 1.165) is 38.7 Å². The Kier molecular flexibility index (Phi) is 5.24. The quantitative estimate of drug-likeness (QED) is 0.311. The predicted octanol–water partition coefficient (Wildman–Crippen LogP) is 6.24. The van der Waals surface area contributed by atoms with Crippen molar-refractivity contribution in [3.05, 3.63) is 102 Å². The van der Waals surface area contributed by atoms with Gasteiger partial charge in [0.2, 0.25) is 0 Å². The molecular formula is C28H21FN2O2. The average molecular weight is 436 g/mol. The Labute approximate surface area is 190 Å². The molecule has 0 saturated heterocycles. The third-order valence-corrected chi connectivity index (χ3v) is 5.77. The first-order valence-corrected chi connectivity index (χ1v) is 10.5. The molecule has 5 rings (SSSR count).